The summed E-state index contributed by atoms with van der Waals surface area (Å²) in [5.74, 6) is -0.116. The molecule has 20 heteroatoms. The van der Waals surface area contributed by atoms with Gasteiger partial charge in [-0.05, 0) is 200 Å². The fourth-order valence-corrected chi connectivity index (χ4v) is 17.4. The van der Waals surface area contributed by atoms with Gasteiger partial charge in [0.1, 0.15) is 23.0 Å². The largest absolute Gasteiger partial charge is 0.506 e. The lowest BCUT2D eigenvalue weighted by atomic mass is 9.98. The maximum atomic E-state index is 11.3. The Kier molecular flexibility index (Phi) is 13.7. The number of fused-ring (bicyclic) bond motifs is 4. The zero-order valence-electron chi connectivity index (χ0n) is 31.0. The van der Waals surface area contributed by atoms with Crippen LogP contribution in [0.15, 0.2) is 169 Å². The van der Waals surface area contributed by atoms with E-state index in [1.54, 1.807) is 24.3 Å². The number of nitrogens with zero attached hydrogens (tertiary/aromatic N) is 4. The van der Waals surface area contributed by atoms with Crippen LogP contribution in [0.2, 0.25) is 0 Å². The van der Waals surface area contributed by atoms with Crippen LogP contribution in [-0.4, -0.2) is 43.3 Å². The molecule has 0 fully saturated rings. The molecule has 0 spiro atoms. The number of phenolic OH excluding ortho intramolecular Hbond substituents is 4. The molecule has 64 heavy (non-hydrogen) atoms. The summed E-state index contributed by atoms with van der Waals surface area (Å²) in [6, 6.07) is 7.01. The highest BCUT2D eigenvalue weighted by Crippen LogP contribution is 2.51. The third-order valence-electron chi connectivity index (χ3n) is 10.2. The van der Waals surface area contributed by atoms with E-state index < -0.39 is 0 Å². The molecule has 0 amide bonds. The second kappa shape index (κ2) is 18.4. The van der Waals surface area contributed by atoms with E-state index in [-0.39, 0.29) is 23.0 Å². The van der Waals surface area contributed by atoms with Gasteiger partial charge in [-0.3, -0.25) is 0 Å². The van der Waals surface area contributed by atoms with Crippen LogP contribution >= 0.6 is 191 Å². The fraction of sp³-hybridized carbons (Fsp3) is 0. The van der Waals surface area contributed by atoms with Gasteiger partial charge in [-0.2, -0.15) is 0 Å². The van der Waals surface area contributed by atoms with Gasteiger partial charge >= 0.3 is 0 Å². The summed E-state index contributed by atoms with van der Waals surface area (Å²) in [4.78, 5) is 21.2. The highest BCUT2D eigenvalue weighted by atomic mass is 79.9. The van der Waals surface area contributed by atoms with E-state index in [0.29, 0.717) is 144 Å². The number of aromatic hydroxyl groups is 4. The summed E-state index contributed by atoms with van der Waals surface area (Å²) in [7, 11) is 0. The number of aliphatic imine (C=N–C) groups is 4. The number of halogens is 12. The number of rotatable bonds is 4. The van der Waals surface area contributed by atoms with Crippen LogP contribution in [0.25, 0.3) is 22.3 Å². The quantitative estimate of drug-likeness (QED) is 0.162. The monoisotopic (exact) mass is 1610 g/mol. The standard InChI is InChI=1S/C44H16Br12N4O4/c45-13-9-17(49)41(61)37(53)29(13)33-21-1-2-22(57-21)34(30-14(46)10-18(50)42(62)38(30)54)24-5-6-26(59-24)36(32-16(48)12-20(52)44(64)40(32)56)28-8-7-27(60-28)35(25-4-3-23(33)58-25)31-15(47)11-19(51)43(63)39(31)55/h1-12,61-64H. The second-order valence-electron chi connectivity index (χ2n) is 13.9. The zero-order chi connectivity index (χ0) is 45.8. The van der Waals surface area contributed by atoms with Gasteiger partial charge in [0.05, 0.1) is 81.4 Å². The predicted molar refractivity (Wildman–Crippen MR) is 299 cm³/mol. The van der Waals surface area contributed by atoms with Crippen molar-refractivity contribution in [2.45, 2.75) is 0 Å². The molecule has 0 atom stereocenters. The predicted octanol–water partition coefficient (Wildman–Crippen LogP) is 17.7. The summed E-state index contributed by atoms with van der Waals surface area (Å²) in [6.07, 6.45) is 14.9. The van der Waals surface area contributed by atoms with Crippen molar-refractivity contribution in [2.75, 3.05) is 0 Å². The van der Waals surface area contributed by atoms with Crippen molar-refractivity contribution >= 4 is 236 Å². The van der Waals surface area contributed by atoms with Gasteiger partial charge < -0.3 is 20.4 Å². The van der Waals surface area contributed by atoms with Gasteiger partial charge in [-0.25, -0.2) is 20.0 Å². The van der Waals surface area contributed by atoms with Crippen LogP contribution in [0.3, 0.4) is 0 Å². The van der Waals surface area contributed by atoms with Crippen molar-refractivity contribution in [3.63, 3.8) is 0 Å². The van der Waals surface area contributed by atoms with Crippen molar-refractivity contribution in [3.8, 4) is 23.0 Å². The van der Waals surface area contributed by atoms with Gasteiger partial charge in [0.25, 0.3) is 0 Å². The number of allylic oxidation sites excluding steroid dienone is 12. The van der Waals surface area contributed by atoms with E-state index in [1.807, 2.05) is 48.6 Å². The molecule has 0 saturated carbocycles. The Morgan fingerprint density at radius 2 is 0.453 bits per heavy atom. The highest BCUT2D eigenvalue weighted by molar-refractivity contribution is 9.13. The van der Waals surface area contributed by atoms with Crippen LogP contribution in [-0.2, 0) is 0 Å². The summed E-state index contributed by atoms with van der Waals surface area (Å²) in [5, 5.41) is 45.2. The Balaban J connectivity index is 1.47. The Morgan fingerprint density at radius 1 is 0.266 bits per heavy atom. The van der Waals surface area contributed by atoms with E-state index >= 15 is 0 Å². The van der Waals surface area contributed by atoms with Crippen molar-refractivity contribution in [2.24, 2.45) is 20.0 Å². The molecule has 5 heterocycles. The zero-order valence-corrected chi connectivity index (χ0v) is 50.1. The molecular weight excluding hydrogens is 1610 g/mol. The second-order valence-corrected chi connectivity index (χ2v) is 23.9. The lowest BCUT2D eigenvalue weighted by Gasteiger charge is -2.18. The Bertz CT molecular complexity index is 2890. The van der Waals surface area contributed by atoms with E-state index in [0.717, 1.165) is 0 Å². The van der Waals surface area contributed by atoms with Gasteiger partial charge in [0, 0.05) is 62.4 Å². The van der Waals surface area contributed by atoms with Gasteiger partial charge in [0.2, 0.25) is 0 Å². The molecule has 320 valence electrons. The minimum Gasteiger partial charge on any atom is -0.506 e. The number of hydrogen-bond acceptors (Lipinski definition) is 8. The topological polar surface area (TPSA) is 130 Å². The van der Waals surface area contributed by atoms with Crippen LogP contribution in [0.1, 0.15) is 22.3 Å². The Labute approximate surface area is 465 Å². The van der Waals surface area contributed by atoms with Crippen molar-refractivity contribution in [1.29, 1.82) is 0 Å². The normalized spacial score (nSPS) is 16.6. The molecule has 4 aromatic rings. The van der Waals surface area contributed by atoms with E-state index in [2.05, 4.69) is 191 Å². The number of benzene rings is 4. The molecule has 0 aromatic heterocycles. The van der Waals surface area contributed by atoms with E-state index in [9.17, 15) is 20.4 Å². The highest BCUT2D eigenvalue weighted by Gasteiger charge is 2.33. The SMILES string of the molecule is Oc1c(Br)cc(Br)c(C2=C3C=CC(=N3)C(c3c(Br)cc(Br)c(O)c3Br)=C3C=CC(=N3)C(c3c(Br)cc(Br)c(O)c3Br)=C3C=CC(=N3)C(c3c(Br)cc(Br)c(O)c3Br)=C3C=CC2=N3)c1Br. The minimum absolute atomic E-state index is 0.0289. The third-order valence-corrected chi connectivity index (χ3v) is 18.2. The average molecular weight is 1620 g/mol. The first-order valence-electron chi connectivity index (χ1n) is 17.9. The summed E-state index contributed by atoms with van der Waals surface area (Å²) >= 11 is 43.6. The maximum Gasteiger partial charge on any atom is 0.144 e. The molecule has 4 N–H and O–H groups in total. The van der Waals surface area contributed by atoms with Gasteiger partial charge in [-0.15, -0.1) is 0 Å². The molecule has 0 saturated heterocycles. The Morgan fingerprint density at radius 3 is 0.641 bits per heavy atom. The third kappa shape index (κ3) is 8.09. The molecule has 8 nitrogen and oxygen atoms in total. The number of phenols is 4. The molecular formula is C44H16Br12N4O4. The number of hydrogen-bond donors (Lipinski definition) is 4. The van der Waals surface area contributed by atoms with E-state index in [1.165, 1.54) is 0 Å². The van der Waals surface area contributed by atoms with Gasteiger partial charge in [-0.1, -0.05) is 63.7 Å². The molecule has 8 bridgehead atoms. The Hall–Kier alpha value is -1.56. The van der Waals surface area contributed by atoms with Crippen molar-refractivity contribution < 1.29 is 20.4 Å². The minimum atomic E-state index is -0.0289. The first kappa shape index (κ1) is 47.5. The van der Waals surface area contributed by atoms with Crippen molar-refractivity contribution in [3.05, 3.63) is 172 Å². The molecule has 5 aliphatic rings. The first-order chi connectivity index (χ1) is 30.4. The fourth-order valence-electron chi connectivity index (χ4n) is 7.35. The molecule has 5 aliphatic heterocycles. The maximum absolute atomic E-state index is 11.3. The summed E-state index contributed by atoms with van der Waals surface area (Å²) in [6.45, 7) is 0. The summed E-state index contributed by atoms with van der Waals surface area (Å²) < 4.78 is 5.91. The van der Waals surface area contributed by atoms with Gasteiger partial charge in [0.15, 0.2) is 0 Å². The lowest BCUT2D eigenvalue weighted by Crippen LogP contribution is -2.06. The average Bonchev–Trinajstić information content (AvgIpc) is 4.09. The van der Waals surface area contributed by atoms with Crippen molar-refractivity contribution in [1.82, 2.24) is 0 Å². The van der Waals surface area contributed by atoms with Crippen LogP contribution in [0, 0.1) is 0 Å². The lowest BCUT2D eigenvalue weighted by molar-refractivity contribution is 0.467. The first-order valence-corrected chi connectivity index (χ1v) is 27.4. The van der Waals surface area contributed by atoms with Crippen LogP contribution in [0.5, 0.6) is 23.0 Å². The molecule has 4 aromatic carbocycles. The molecule has 9 rings (SSSR count). The van der Waals surface area contributed by atoms with E-state index in [4.69, 9.17) is 20.0 Å². The molecule has 0 radical (unpaired) electrons. The molecule has 0 unspecified atom stereocenters. The smallest absolute Gasteiger partial charge is 0.144 e. The summed E-state index contributed by atoms with van der Waals surface area (Å²) in [5.41, 5.74) is 8.51. The van der Waals surface area contributed by atoms with Crippen LogP contribution < -0.4 is 0 Å². The molecule has 0 aliphatic carbocycles. The van der Waals surface area contributed by atoms with Crippen LogP contribution in [0.4, 0.5) is 0 Å².